The van der Waals surface area contributed by atoms with Crippen molar-refractivity contribution >= 4 is 23.8 Å². The Bertz CT molecular complexity index is 1380. The summed E-state index contributed by atoms with van der Waals surface area (Å²) in [4.78, 5) is 13.8. The van der Waals surface area contributed by atoms with Gasteiger partial charge >= 0.3 is 0 Å². The lowest BCUT2D eigenvalue weighted by Gasteiger charge is -2.25. The Morgan fingerprint density at radius 3 is 1.20 bits per heavy atom. The van der Waals surface area contributed by atoms with Gasteiger partial charge in [0.25, 0.3) is 0 Å². The van der Waals surface area contributed by atoms with Gasteiger partial charge in [-0.2, -0.15) is 10.5 Å². The van der Waals surface area contributed by atoms with Crippen LogP contribution < -0.4 is 19.3 Å². The molecule has 0 saturated carbocycles. The Morgan fingerprint density at radius 2 is 0.870 bits per heavy atom. The predicted octanol–water partition coefficient (Wildman–Crippen LogP) is 12.2. The largest absolute Gasteiger partial charge is 0.493 e. The minimum absolute atomic E-state index is 0.0541. The Hall–Kier alpha value is -4.30. The van der Waals surface area contributed by atoms with Gasteiger partial charge in [-0.3, -0.25) is 0 Å². The fraction of sp³-hybridized carbons (Fsp3) is 0.609. The number of anilines is 2. The number of benzene rings is 2. The number of unbranched alkanes of at least 4 members (excludes halogenated alkanes) is 10. The second-order valence-corrected chi connectivity index (χ2v) is 14.1. The standard InChI is InChI=1S/C46H70N6O2/c1-7-13-15-17-19-21-31-53-45-33-41(51(27-9-3)28-10-4)25-23-39(45)37-49-43(35-47)44(36-48)50-38-40-24-26-42(52(29-11-5)30-12-6)34-46(40)54-32-22-20-18-16-14-8-2/h23-26,33-34,37-38H,7-22,27-32H2,1-6H3/b44-43+,49-37?,50-38?. The highest BCUT2D eigenvalue weighted by atomic mass is 16.5. The first kappa shape index (κ1) is 45.9. The average molecular weight is 739 g/mol. The first-order valence-electron chi connectivity index (χ1n) is 21.2. The van der Waals surface area contributed by atoms with Crippen molar-refractivity contribution in [1.29, 1.82) is 10.5 Å². The summed E-state index contributed by atoms with van der Waals surface area (Å²) in [5.41, 5.74) is 3.64. The molecule has 0 fully saturated rings. The molecule has 0 bridgehead atoms. The lowest BCUT2D eigenvalue weighted by molar-refractivity contribution is 0.304. The highest BCUT2D eigenvalue weighted by Crippen LogP contribution is 2.28. The molecule has 0 atom stereocenters. The van der Waals surface area contributed by atoms with Crippen molar-refractivity contribution in [3.63, 3.8) is 0 Å². The first-order chi connectivity index (χ1) is 26.5. The van der Waals surface area contributed by atoms with Crippen LogP contribution in [0.2, 0.25) is 0 Å². The van der Waals surface area contributed by atoms with Crippen molar-refractivity contribution in [3.8, 4) is 23.6 Å². The Labute approximate surface area is 329 Å². The van der Waals surface area contributed by atoms with Crippen molar-refractivity contribution in [2.75, 3.05) is 49.2 Å². The number of rotatable bonds is 30. The summed E-state index contributed by atoms with van der Waals surface area (Å²) in [5.74, 6) is 1.46. The fourth-order valence-corrected chi connectivity index (χ4v) is 6.41. The van der Waals surface area contributed by atoms with E-state index in [4.69, 9.17) is 9.47 Å². The Balaban J connectivity index is 2.40. The van der Waals surface area contributed by atoms with Gasteiger partial charge < -0.3 is 19.3 Å². The monoisotopic (exact) mass is 739 g/mol. The van der Waals surface area contributed by atoms with E-state index in [1.54, 1.807) is 12.4 Å². The topological polar surface area (TPSA) is 97.2 Å². The summed E-state index contributed by atoms with van der Waals surface area (Å²) in [7, 11) is 0. The van der Waals surface area contributed by atoms with E-state index in [2.05, 4.69) is 97.7 Å². The molecule has 0 aromatic heterocycles. The Kier molecular flexibility index (Phi) is 24.7. The van der Waals surface area contributed by atoms with E-state index in [-0.39, 0.29) is 11.4 Å². The molecule has 0 saturated heterocycles. The van der Waals surface area contributed by atoms with Gasteiger partial charge in [0.05, 0.1) is 13.2 Å². The molecular formula is C46H70N6O2. The molecule has 8 heteroatoms. The second-order valence-electron chi connectivity index (χ2n) is 14.1. The van der Waals surface area contributed by atoms with E-state index in [1.807, 2.05) is 12.1 Å². The van der Waals surface area contributed by atoms with Gasteiger partial charge in [0, 0.05) is 73.2 Å². The molecule has 8 nitrogen and oxygen atoms in total. The van der Waals surface area contributed by atoms with Gasteiger partial charge in [-0.05, 0) is 62.8 Å². The van der Waals surface area contributed by atoms with E-state index in [0.29, 0.717) is 13.2 Å². The van der Waals surface area contributed by atoms with E-state index in [9.17, 15) is 10.5 Å². The first-order valence-corrected chi connectivity index (χ1v) is 21.2. The van der Waals surface area contributed by atoms with Gasteiger partial charge in [0.1, 0.15) is 23.6 Å². The average Bonchev–Trinajstić information content (AvgIpc) is 3.18. The summed E-state index contributed by atoms with van der Waals surface area (Å²) >= 11 is 0. The van der Waals surface area contributed by atoms with Crippen LogP contribution in [0.15, 0.2) is 57.8 Å². The fourth-order valence-electron chi connectivity index (χ4n) is 6.41. The lowest BCUT2D eigenvalue weighted by Crippen LogP contribution is -2.24. The Morgan fingerprint density at radius 1 is 0.519 bits per heavy atom. The molecule has 0 unspecified atom stereocenters. The van der Waals surface area contributed by atoms with Crippen LogP contribution in [0.4, 0.5) is 11.4 Å². The molecule has 0 radical (unpaired) electrons. The highest BCUT2D eigenvalue weighted by Gasteiger charge is 2.13. The molecule has 0 aliphatic carbocycles. The molecule has 0 aliphatic rings. The summed E-state index contributed by atoms with van der Waals surface area (Å²) in [6.45, 7) is 18.3. The van der Waals surface area contributed by atoms with Crippen LogP contribution in [-0.4, -0.2) is 51.8 Å². The van der Waals surface area contributed by atoms with Crippen LogP contribution in [0.25, 0.3) is 0 Å². The van der Waals surface area contributed by atoms with E-state index in [1.165, 1.54) is 51.4 Å². The number of ether oxygens (including phenoxy) is 2. The molecule has 54 heavy (non-hydrogen) atoms. The van der Waals surface area contributed by atoms with Gasteiger partial charge in [-0.25, -0.2) is 9.98 Å². The van der Waals surface area contributed by atoms with E-state index in [0.717, 1.165) is 112 Å². The SMILES string of the molecule is CCCCCCCCOc1cc(N(CCC)CCC)ccc1C=N/C(C#N)=C(\C#N)N=Cc1ccc(N(CCC)CCC)cc1OCCCCCCCC. The molecule has 2 rings (SSSR count). The minimum Gasteiger partial charge on any atom is -0.493 e. The third kappa shape index (κ3) is 17.2. The lowest BCUT2D eigenvalue weighted by atomic mass is 10.1. The summed E-state index contributed by atoms with van der Waals surface area (Å²) in [5, 5.41) is 20.3. The maximum atomic E-state index is 10.1. The molecule has 0 spiro atoms. The number of nitrogens with zero attached hydrogens (tertiary/aromatic N) is 6. The van der Waals surface area contributed by atoms with Crippen LogP contribution in [0.1, 0.15) is 155 Å². The smallest absolute Gasteiger partial charge is 0.176 e. The number of allylic oxidation sites excluding steroid dienone is 2. The molecule has 0 heterocycles. The van der Waals surface area contributed by atoms with Crippen molar-refractivity contribution in [1.82, 2.24) is 0 Å². The summed E-state index contributed by atoms with van der Waals surface area (Å²) in [6.07, 6.45) is 21.6. The summed E-state index contributed by atoms with van der Waals surface area (Å²) in [6, 6.07) is 16.5. The minimum atomic E-state index is -0.0541. The molecular weight excluding hydrogens is 669 g/mol. The maximum Gasteiger partial charge on any atom is 0.176 e. The number of hydrogen-bond acceptors (Lipinski definition) is 8. The van der Waals surface area contributed by atoms with Crippen molar-refractivity contribution in [3.05, 3.63) is 58.9 Å². The van der Waals surface area contributed by atoms with Gasteiger partial charge in [0.2, 0.25) is 0 Å². The van der Waals surface area contributed by atoms with Crippen molar-refractivity contribution < 1.29 is 9.47 Å². The van der Waals surface area contributed by atoms with Gasteiger partial charge in [-0.1, -0.05) is 106 Å². The maximum absolute atomic E-state index is 10.1. The zero-order valence-corrected chi connectivity index (χ0v) is 34.7. The molecule has 0 amide bonds. The number of nitriles is 2. The quantitative estimate of drug-likeness (QED) is 0.0450. The summed E-state index contributed by atoms with van der Waals surface area (Å²) < 4.78 is 12.7. The predicted molar refractivity (Wildman–Crippen MR) is 230 cm³/mol. The van der Waals surface area contributed by atoms with Crippen LogP contribution in [-0.2, 0) is 0 Å². The van der Waals surface area contributed by atoms with E-state index < -0.39 is 0 Å². The van der Waals surface area contributed by atoms with Crippen LogP contribution in [0, 0.1) is 22.7 Å². The number of aliphatic imine (C=N–C) groups is 2. The zero-order chi connectivity index (χ0) is 39.2. The van der Waals surface area contributed by atoms with Crippen LogP contribution >= 0.6 is 0 Å². The van der Waals surface area contributed by atoms with Crippen LogP contribution in [0.3, 0.4) is 0 Å². The second kappa shape index (κ2) is 29.1. The zero-order valence-electron chi connectivity index (χ0n) is 34.7. The third-order valence-corrected chi connectivity index (χ3v) is 9.31. The highest BCUT2D eigenvalue weighted by molar-refractivity contribution is 5.87. The van der Waals surface area contributed by atoms with Gasteiger partial charge in [-0.15, -0.1) is 0 Å². The number of hydrogen-bond donors (Lipinski definition) is 0. The van der Waals surface area contributed by atoms with Gasteiger partial charge in [0.15, 0.2) is 11.4 Å². The van der Waals surface area contributed by atoms with Crippen molar-refractivity contribution in [2.24, 2.45) is 9.98 Å². The molecule has 296 valence electrons. The normalized spacial score (nSPS) is 11.8. The third-order valence-electron chi connectivity index (χ3n) is 9.31. The molecule has 0 N–H and O–H groups in total. The molecule has 2 aromatic carbocycles. The molecule has 2 aromatic rings. The molecule has 0 aliphatic heterocycles. The van der Waals surface area contributed by atoms with E-state index >= 15 is 0 Å². The van der Waals surface area contributed by atoms with Crippen LogP contribution in [0.5, 0.6) is 11.5 Å². The van der Waals surface area contributed by atoms with Crippen molar-refractivity contribution in [2.45, 2.75) is 144 Å².